The molecule has 1 aromatic heterocycles. The molecule has 0 radical (unpaired) electrons. The van der Waals surface area contributed by atoms with Crippen LogP contribution in [0.2, 0.25) is 0 Å². The summed E-state index contributed by atoms with van der Waals surface area (Å²) in [4.78, 5) is 0.964. The zero-order valence-corrected chi connectivity index (χ0v) is 14.4. The van der Waals surface area contributed by atoms with Crippen molar-refractivity contribution in [2.24, 2.45) is 5.73 Å². The monoisotopic (exact) mass is 392 g/mol. The molecular formula is C13H14BrFN2O2S2. The van der Waals surface area contributed by atoms with Gasteiger partial charge in [-0.3, -0.25) is 0 Å². The predicted octanol–water partition coefficient (Wildman–Crippen LogP) is 2.93. The summed E-state index contributed by atoms with van der Waals surface area (Å²) >= 11 is 4.55. The number of rotatable bonds is 5. The maximum absolute atomic E-state index is 13.2. The first kappa shape index (κ1) is 16.6. The molecule has 0 unspecified atom stereocenters. The molecule has 2 rings (SSSR count). The summed E-state index contributed by atoms with van der Waals surface area (Å²) < 4.78 is 40.0. The Hall–Kier alpha value is -0.800. The summed E-state index contributed by atoms with van der Waals surface area (Å²) in [6.07, 6.45) is 0. The second-order valence-corrected chi connectivity index (χ2v) is 8.91. The van der Waals surface area contributed by atoms with Gasteiger partial charge in [0.2, 0.25) is 10.0 Å². The van der Waals surface area contributed by atoms with Gasteiger partial charge in [0.15, 0.2) is 0 Å². The van der Waals surface area contributed by atoms with Crippen molar-refractivity contribution < 1.29 is 12.8 Å². The third kappa shape index (κ3) is 3.70. The number of thiophene rings is 1. The van der Waals surface area contributed by atoms with Gasteiger partial charge >= 0.3 is 0 Å². The van der Waals surface area contributed by atoms with E-state index in [1.165, 1.54) is 34.8 Å². The first-order chi connectivity index (χ1) is 9.84. The second kappa shape index (κ2) is 6.53. The minimum atomic E-state index is -3.65. The van der Waals surface area contributed by atoms with Crippen LogP contribution in [0, 0.1) is 5.82 Å². The van der Waals surface area contributed by atoms with Gasteiger partial charge < -0.3 is 5.73 Å². The quantitative estimate of drug-likeness (QED) is 0.850. The molecule has 0 saturated heterocycles. The van der Waals surface area contributed by atoms with E-state index < -0.39 is 10.0 Å². The van der Waals surface area contributed by atoms with Gasteiger partial charge in [0.1, 0.15) is 10.7 Å². The van der Waals surface area contributed by atoms with Gasteiger partial charge in [-0.1, -0.05) is 12.1 Å². The normalized spacial score (nSPS) is 12.0. The average Bonchev–Trinajstić information content (AvgIpc) is 2.80. The fourth-order valence-electron chi connectivity index (χ4n) is 1.82. The molecule has 0 aliphatic rings. The number of nitrogens with two attached hydrogens (primary N) is 1. The Kier molecular flexibility index (Phi) is 5.15. The van der Waals surface area contributed by atoms with E-state index in [2.05, 4.69) is 15.9 Å². The molecular weight excluding hydrogens is 379 g/mol. The molecule has 0 spiro atoms. The van der Waals surface area contributed by atoms with E-state index in [1.54, 1.807) is 18.2 Å². The zero-order valence-electron chi connectivity index (χ0n) is 11.2. The van der Waals surface area contributed by atoms with Crippen molar-refractivity contribution in [3.05, 3.63) is 50.4 Å². The van der Waals surface area contributed by atoms with Crippen molar-refractivity contribution in [3.8, 4) is 0 Å². The average molecular weight is 393 g/mol. The lowest BCUT2D eigenvalue weighted by atomic mass is 10.2. The number of halogens is 2. The maximum Gasteiger partial charge on any atom is 0.245 e. The zero-order chi connectivity index (χ0) is 15.6. The number of nitrogens with zero attached hydrogens (tertiary/aromatic N) is 1. The molecule has 2 aromatic rings. The smallest absolute Gasteiger partial charge is 0.245 e. The summed E-state index contributed by atoms with van der Waals surface area (Å²) in [5, 5.41) is 0. The SMILES string of the molecule is CN(Cc1cccc(F)c1)S(=O)(=O)c1cc(CN)sc1Br. The molecule has 1 aromatic carbocycles. The minimum Gasteiger partial charge on any atom is -0.326 e. The van der Waals surface area contributed by atoms with Crippen LogP contribution in [0.25, 0.3) is 0 Å². The van der Waals surface area contributed by atoms with Crippen LogP contribution in [-0.4, -0.2) is 19.8 Å². The predicted molar refractivity (Wildman–Crippen MR) is 85.0 cm³/mol. The van der Waals surface area contributed by atoms with Crippen LogP contribution in [0.1, 0.15) is 10.4 Å². The van der Waals surface area contributed by atoms with Crippen LogP contribution in [-0.2, 0) is 23.1 Å². The summed E-state index contributed by atoms with van der Waals surface area (Å²) in [6, 6.07) is 7.44. The molecule has 0 fully saturated rings. The van der Waals surface area contributed by atoms with E-state index in [1.807, 2.05) is 0 Å². The van der Waals surface area contributed by atoms with Gasteiger partial charge in [-0.2, -0.15) is 4.31 Å². The Bertz CT molecular complexity index is 746. The van der Waals surface area contributed by atoms with Gasteiger partial charge in [0.25, 0.3) is 0 Å². The minimum absolute atomic E-state index is 0.0976. The summed E-state index contributed by atoms with van der Waals surface area (Å²) in [5.74, 6) is -0.388. The number of hydrogen-bond acceptors (Lipinski definition) is 4. The van der Waals surface area contributed by atoms with E-state index in [9.17, 15) is 12.8 Å². The van der Waals surface area contributed by atoms with Crippen LogP contribution < -0.4 is 5.73 Å². The molecule has 114 valence electrons. The van der Waals surface area contributed by atoms with Crippen molar-refractivity contribution in [3.63, 3.8) is 0 Å². The molecule has 4 nitrogen and oxygen atoms in total. The molecule has 0 aliphatic heterocycles. The number of sulfonamides is 1. The number of benzene rings is 1. The van der Waals surface area contributed by atoms with Gasteiger partial charge in [-0.05, 0) is 39.7 Å². The van der Waals surface area contributed by atoms with Gasteiger partial charge in [0, 0.05) is 25.0 Å². The molecule has 0 aliphatic carbocycles. The van der Waals surface area contributed by atoms with Gasteiger partial charge in [-0.15, -0.1) is 11.3 Å². The fraction of sp³-hybridized carbons (Fsp3) is 0.231. The molecule has 1 heterocycles. The highest BCUT2D eigenvalue weighted by molar-refractivity contribution is 9.11. The molecule has 0 saturated carbocycles. The van der Waals surface area contributed by atoms with E-state index in [0.717, 1.165) is 4.88 Å². The Morgan fingerprint density at radius 1 is 1.38 bits per heavy atom. The first-order valence-corrected chi connectivity index (χ1v) is 9.08. The molecule has 2 N–H and O–H groups in total. The lowest BCUT2D eigenvalue weighted by molar-refractivity contribution is 0.465. The topological polar surface area (TPSA) is 63.4 Å². The highest BCUT2D eigenvalue weighted by atomic mass is 79.9. The third-order valence-corrected chi connectivity index (χ3v) is 6.97. The van der Waals surface area contributed by atoms with Gasteiger partial charge in [0.05, 0.1) is 3.79 Å². The molecule has 0 amide bonds. The summed E-state index contributed by atoms with van der Waals surface area (Å²) in [6.45, 7) is 0.382. The Morgan fingerprint density at radius 3 is 2.67 bits per heavy atom. The Labute approximate surface area is 135 Å². The largest absolute Gasteiger partial charge is 0.326 e. The van der Waals surface area contributed by atoms with Crippen molar-refractivity contribution in [1.82, 2.24) is 4.31 Å². The molecule has 0 bridgehead atoms. The highest BCUT2D eigenvalue weighted by Gasteiger charge is 2.25. The van der Waals surface area contributed by atoms with E-state index in [-0.39, 0.29) is 23.8 Å². The van der Waals surface area contributed by atoms with Crippen molar-refractivity contribution in [2.75, 3.05) is 7.05 Å². The summed E-state index contributed by atoms with van der Waals surface area (Å²) in [5.41, 5.74) is 6.12. The van der Waals surface area contributed by atoms with E-state index in [0.29, 0.717) is 9.35 Å². The fourth-order valence-corrected chi connectivity index (χ4v) is 5.49. The van der Waals surface area contributed by atoms with Crippen LogP contribution in [0.4, 0.5) is 4.39 Å². The van der Waals surface area contributed by atoms with Crippen molar-refractivity contribution >= 4 is 37.3 Å². The van der Waals surface area contributed by atoms with Crippen molar-refractivity contribution in [2.45, 2.75) is 18.0 Å². The number of hydrogen-bond donors (Lipinski definition) is 1. The highest BCUT2D eigenvalue weighted by Crippen LogP contribution is 2.33. The van der Waals surface area contributed by atoms with Crippen LogP contribution in [0.15, 0.2) is 39.0 Å². The Balaban J connectivity index is 2.28. The third-order valence-electron chi connectivity index (χ3n) is 2.89. The van der Waals surface area contributed by atoms with Crippen LogP contribution in [0.3, 0.4) is 0 Å². The Morgan fingerprint density at radius 2 is 2.10 bits per heavy atom. The van der Waals surface area contributed by atoms with Crippen molar-refractivity contribution in [1.29, 1.82) is 0 Å². The summed E-state index contributed by atoms with van der Waals surface area (Å²) in [7, 11) is -2.19. The first-order valence-electron chi connectivity index (χ1n) is 6.03. The molecule has 0 atom stereocenters. The van der Waals surface area contributed by atoms with E-state index >= 15 is 0 Å². The second-order valence-electron chi connectivity index (χ2n) is 4.45. The molecule has 21 heavy (non-hydrogen) atoms. The van der Waals surface area contributed by atoms with Crippen LogP contribution in [0.5, 0.6) is 0 Å². The standard InChI is InChI=1S/C13H14BrFN2O2S2/c1-17(8-9-3-2-4-10(15)5-9)21(18,19)12-6-11(7-16)20-13(12)14/h2-6H,7-8,16H2,1H3. The lowest BCUT2D eigenvalue weighted by Crippen LogP contribution is -2.26. The van der Waals surface area contributed by atoms with Gasteiger partial charge in [-0.25, -0.2) is 12.8 Å². The van der Waals surface area contributed by atoms with Crippen LogP contribution >= 0.6 is 27.3 Å². The lowest BCUT2D eigenvalue weighted by Gasteiger charge is -2.16. The van der Waals surface area contributed by atoms with E-state index in [4.69, 9.17) is 5.73 Å². The molecule has 8 heteroatoms. The maximum atomic E-state index is 13.2.